The van der Waals surface area contributed by atoms with Crippen molar-refractivity contribution in [1.29, 1.82) is 0 Å². The lowest BCUT2D eigenvalue weighted by molar-refractivity contribution is 0.231. The molecule has 21 heavy (non-hydrogen) atoms. The van der Waals surface area contributed by atoms with Crippen LogP contribution in [0, 0.1) is 5.92 Å². The van der Waals surface area contributed by atoms with Gasteiger partial charge in [0.05, 0.1) is 11.0 Å². The molecular formula is C16H23N3OS. The third kappa shape index (κ3) is 5.01. The standard InChI is InChI=1S/C16H23N3OS/c17-15(21)14(13-9-5-2-6-10-13)19-16(20)18-11-12-7-3-1-4-8-12/h1,3-4,7-8,13-14H,2,5-6,9-11H2,(H2,17,21)(H2,18,19,20). The van der Waals surface area contributed by atoms with Crippen LogP contribution in [-0.2, 0) is 6.54 Å². The zero-order chi connectivity index (χ0) is 15.1. The molecule has 4 N–H and O–H groups in total. The van der Waals surface area contributed by atoms with Crippen molar-refractivity contribution < 1.29 is 4.79 Å². The predicted molar refractivity (Wildman–Crippen MR) is 89.0 cm³/mol. The minimum atomic E-state index is -0.206. The van der Waals surface area contributed by atoms with Crippen molar-refractivity contribution in [3.63, 3.8) is 0 Å². The summed E-state index contributed by atoms with van der Waals surface area (Å²) in [5, 5.41) is 5.80. The van der Waals surface area contributed by atoms with Gasteiger partial charge in [-0.15, -0.1) is 0 Å². The summed E-state index contributed by atoms with van der Waals surface area (Å²) in [4.78, 5) is 12.4. The molecule has 1 fully saturated rings. The quantitative estimate of drug-likeness (QED) is 0.733. The Labute approximate surface area is 131 Å². The van der Waals surface area contributed by atoms with Gasteiger partial charge in [-0.1, -0.05) is 61.8 Å². The van der Waals surface area contributed by atoms with E-state index < -0.39 is 0 Å². The maximum Gasteiger partial charge on any atom is 0.315 e. The summed E-state index contributed by atoms with van der Waals surface area (Å²) in [6.45, 7) is 0.501. The Bertz CT molecular complexity index is 472. The fourth-order valence-corrected chi connectivity index (χ4v) is 3.11. The molecule has 114 valence electrons. The fourth-order valence-electron chi connectivity index (χ4n) is 2.86. The summed E-state index contributed by atoms with van der Waals surface area (Å²) >= 11 is 5.13. The molecule has 5 heteroatoms. The van der Waals surface area contributed by atoms with Gasteiger partial charge >= 0.3 is 6.03 Å². The van der Waals surface area contributed by atoms with Crippen molar-refractivity contribution in [2.75, 3.05) is 0 Å². The second kappa shape index (κ2) is 7.98. The van der Waals surface area contributed by atoms with E-state index in [1.165, 1.54) is 19.3 Å². The maximum atomic E-state index is 12.0. The van der Waals surface area contributed by atoms with E-state index in [0.29, 0.717) is 17.5 Å². The third-order valence-electron chi connectivity index (χ3n) is 4.01. The predicted octanol–water partition coefficient (Wildman–Crippen LogP) is 2.72. The minimum absolute atomic E-state index is 0.198. The zero-order valence-corrected chi connectivity index (χ0v) is 13.0. The first-order valence-corrected chi connectivity index (χ1v) is 7.95. The summed E-state index contributed by atoms with van der Waals surface area (Å²) in [5.41, 5.74) is 6.88. The van der Waals surface area contributed by atoms with Crippen molar-refractivity contribution in [2.24, 2.45) is 11.7 Å². The van der Waals surface area contributed by atoms with Gasteiger partial charge in [0.1, 0.15) is 0 Å². The highest BCUT2D eigenvalue weighted by Gasteiger charge is 2.27. The third-order valence-corrected chi connectivity index (χ3v) is 4.26. The molecule has 2 amide bonds. The molecule has 1 aromatic rings. The first kappa shape index (κ1) is 15.8. The summed E-state index contributed by atoms with van der Waals surface area (Å²) < 4.78 is 0. The van der Waals surface area contributed by atoms with Crippen molar-refractivity contribution >= 4 is 23.2 Å². The largest absolute Gasteiger partial charge is 0.392 e. The van der Waals surface area contributed by atoms with Crippen LogP contribution < -0.4 is 16.4 Å². The molecule has 0 radical (unpaired) electrons. The Morgan fingerprint density at radius 1 is 1.24 bits per heavy atom. The first-order chi connectivity index (χ1) is 10.2. The lowest BCUT2D eigenvalue weighted by atomic mass is 9.84. The van der Waals surface area contributed by atoms with Crippen LogP contribution in [0.1, 0.15) is 37.7 Å². The molecule has 1 atom stereocenters. The normalized spacial score (nSPS) is 17.0. The monoisotopic (exact) mass is 305 g/mol. The molecule has 2 rings (SSSR count). The number of amides is 2. The Hall–Kier alpha value is -1.62. The number of nitrogens with two attached hydrogens (primary N) is 1. The number of urea groups is 1. The summed E-state index contributed by atoms with van der Waals surface area (Å²) in [5.74, 6) is 0.374. The molecule has 0 aromatic heterocycles. The van der Waals surface area contributed by atoms with E-state index in [1.807, 2.05) is 30.3 Å². The Balaban J connectivity index is 1.84. The van der Waals surface area contributed by atoms with Gasteiger partial charge in [0.2, 0.25) is 0 Å². The Morgan fingerprint density at radius 3 is 2.52 bits per heavy atom. The molecule has 0 spiro atoms. The van der Waals surface area contributed by atoms with E-state index in [0.717, 1.165) is 18.4 Å². The summed E-state index contributed by atoms with van der Waals surface area (Å²) in [6.07, 6.45) is 5.82. The van der Waals surface area contributed by atoms with Crippen molar-refractivity contribution in [3.8, 4) is 0 Å². The van der Waals surface area contributed by atoms with Gasteiger partial charge < -0.3 is 16.4 Å². The van der Waals surface area contributed by atoms with Crippen molar-refractivity contribution in [2.45, 2.75) is 44.7 Å². The summed E-state index contributed by atoms with van der Waals surface area (Å²) in [6, 6.07) is 9.41. The number of nitrogens with one attached hydrogen (secondary N) is 2. The van der Waals surface area contributed by atoms with E-state index in [4.69, 9.17) is 18.0 Å². The minimum Gasteiger partial charge on any atom is -0.392 e. The van der Waals surface area contributed by atoms with Crippen molar-refractivity contribution in [1.82, 2.24) is 10.6 Å². The van der Waals surface area contributed by atoms with Gasteiger partial charge in [-0.3, -0.25) is 0 Å². The van der Waals surface area contributed by atoms with Crippen LogP contribution >= 0.6 is 12.2 Å². The SMILES string of the molecule is NC(=S)C(NC(=O)NCc1ccccc1)C1CCCCC1. The Kier molecular flexibility index (Phi) is 5.99. The lowest BCUT2D eigenvalue weighted by Crippen LogP contribution is -2.51. The van der Waals surface area contributed by atoms with Gasteiger partial charge in [0.15, 0.2) is 0 Å². The average Bonchev–Trinajstić information content (AvgIpc) is 2.52. The highest BCUT2D eigenvalue weighted by Crippen LogP contribution is 2.26. The molecule has 0 bridgehead atoms. The van der Waals surface area contributed by atoms with Crippen LogP contribution in [0.25, 0.3) is 0 Å². The molecule has 0 aliphatic heterocycles. The molecule has 0 saturated heterocycles. The topological polar surface area (TPSA) is 67.1 Å². The molecule has 1 aliphatic rings. The Morgan fingerprint density at radius 2 is 1.90 bits per heavy atom. The van der Waals surface area contributed by atoms with E-state index in [1.54, 1.807) is 0 Å². The van der Waals surface area contributed by atoms with Gasteiger partial charge in [-0.05, 0) is 24.3 Å². The number of carbonyl (C=O) groups is 1. The van der Waals surface area contributed by atoms with Crippen LogP contribution in [0.4, 0.5) is 4.79 Å². The number of thiocarbonyl (C=S) groups is 1. The van der Waals surface area contributed by atoms with Crippen LogP contribution in [0.5, 0.6) is 0 Å². The highest BCUT2D eigenvalue weighted by molar-refractivity contribution is 7.80. The number of hydrogen-bond acceptors (Lipinski definition) is 2. The van der Waals surface area contributed by atoms with Gasteiger partial charge in [0, 0.05) is 6.54 Å². The fraction of sp³-hybridized carbons (Fsp3) is 0.500. The molecular weight excluding hydrogens is 282 g/mol. The first-order valence-electron chi connectivity index (χ1n) is 7.54. The van der Waals surface area contributed by atoms with E-state index in [9.17, 15) is 4.79 Å². The zero-order valence-electron chi connectivity index (χ0n) is 12.2. The molecule has 1 aromatic carbocycles. The van der Waals surface area contributed by atoms with E-state index in [2.05, 4.69) is 10.6 Å². The smallest absolute Gasteiger partial charge is 0.315 e. The second-order valence-electron chi connectivity index (χ2n) is 5.59. The number of carbonyl (C=O) groups excluding carboxylic acids is 1. The molecule has 0 heterocycles. The highest BCUT2D eigenvalue weighted by atomic mass is 32.1. The average molecular weight is 305 g/mol. The van der Waals surface area contributed by atoms with Crippen LogP contribution in [0.15, 0.2) is 30.3 Å². The van der Waals surface area contributed by atoms with Crippen molar-refractivity contribution in [3.05, 3.63) is 35.9 Å². The van der Waals surface area contributed by atoms with Crippen LogP contribution in [0.3, 0.4) is 0 Å². The summed E-state index contributed by atoms with van der Waals surface area (Å²) in [7, 11) is 0. The number of benzene rings is 1. The van der Waals surface area contributed by atoms with Crippen LogP contribution in [0.2, 0.25) is 0 Å². The maximum absolute atomic E-state index is 12.0. The van der Waals surface area contributed by atoms with Crippen LogP contribution in [-0.4, -0.2) is 17.1 Å². The van der Waals surface area contributed by atoms with Gasteiger partial charge in [0.25, 0.3) is 0 Å². The molecule has 1 aliphatic carbocycles. The van der Waals surface area contributed by atoms with E-state index in [-0.39, 0.29) is 12.1 Å². The second-order valence-corrected chi connectivity index (χ2v) is 6.06. The van der Waals surface area contributed by atoms with Gasteiger partial charge in [-0.2, -0.15) is 0 Å². The lowest BCUT2D eigenvalue weighted by Gasteiger charge is -2.30. The molecule has 1 unspecified atom stereocenters. The number of rotatable bonds is 5. The van der Waals surface area contributed by atoms with Gasteiger partial charge in [-0.25, -0.2) is 4.79 Å². The molecule has 4 nitrogen and oxygen atoms in total. The van der Waals surface area contributed by atoms with E-state index >= 15 is 0 Å². The molecule has 1 saturated carbocycles. The number of hydrogen-bond donors (Lipinski definition) is 3.